The molecular formula is C10H11N5O. The number of azo groups is 1. The molecule has 6 heteroatoms. The van der Waals surface area contributed by atoms with Crippen LogP contribution < -0.4 is 11.3 Å². The molecular weight excluding hydrogens is 206 g/mol. The van der Waals surface area contributed by atoms with E-state index in [9.17, 15) is 4.79 Å². The van der Waals surface area contributed by atoms with E-state index in [0.29, 0.717) is 5.69 Å². The number of aryl methyl sites for hydroxylation is 1. The first-order valence-electron chi connectivity index (χ1n) is 4.71. The summed E-state index contributed by atoms with van der Waals surface area (Å²) in [5.74, 6) is 0.182. The van der Waals surface area contributed by atoms with Crippen LogP contribution in [0.1, 0.15) is 5.56 Å². The molecule has 1 aromatic carbocycles. The van der Waals surface area contributed by atoms with Gasteiger partial charge in [-0.3, -0.25) is 15.0 Å². The van der Waals surface area contributed by atoms with E-state index in [-0.39, 0.29) is 17.1 Å². The van der Waals surface area contributed by atoms with Gasteiger partial charge in [-0.15, -0.1) is 5.11 Å². The van der Waals surface area contributed by atoms with Gasteiger partial charge >= 0.3 is 0 Å². The summed E-state index contributed by atoms with van der Waals surface area (Å²) < 4.78 is 0. The van der Waals surface area contributed by atoms with Crippen LogP contribution >= 0.6 is 0 Å². The molecule has 16 heavy (non-hydrogen) atoms. The van der Waals surface area contributed by atoms with E-state index < -0.39 is 0 Å². The van der Waals surface area contributed by atoms with E-state index in [1.165, 1.54) is 0 Å². The standard InChI is InChI=1S/C10H11N5O/c1-6-3-2-4-7(5-6)12-13-8-9(11)14-15-10(8)16/h2-5H,1H3,(H4,11,14,15,16). The maximum absolute atomic E-state index is 11.2. The van der Waals surface area contributed by atoms with Crippen molar-refractivity contribution in [1.82, 2.24) is 10.2 Å². The first-order valence-corrected chi connectivity index (χ1v) is 4.71. The van der Waals surface area contributed by atoms with E-state index in [2.05, 4.69) is 20.4 Å². The summed E-state index contributed by atoms with van der Waals surface area (Å²) in [6.07, 6.45) is 0. The van der Waals surface area contributed by atoms with E-state index in [1.807, 2.05) is 25.1 Å². The van der Waals surface area contributed by atoms with Crippen molar-refractivity contribution in [2.75, 3.05) is 5.73 Å². The summed E-state index contributed by atoms with van der Waals surface area (Å²) in [5, 5.41) is 12.5. The summed E-state index contributed by atoms with van der Waals surface area (Å²) in [7, 11) is 0. The molecule has 0 atom stereocenters. The number of nitrogen functional groups attached to an aromatic ring is 1. The SMILES string of the molecule is Cc1cccc(N=Nc2c(N)[nH][nH]c2=O)c1. The fourth-order valence-corrected chi connectivity index (χ4v) is 1.26. The van der Waals surface area contributed by atoms with Crippen molar-refractivity contribution in [3.8, 4) is 0 Å². The Labute approximate surface area is 91.2 Å². The second-order valence-electron chi connectivity index (χ2n) is 3.38. The summed E-state index contributed by atoms with van der Waals surface area (Å²) >= 11 is 0. The number of hydrogen-bond acceptors (Lipinski definition) is 4. The summed E-state index contributed by atoms with van der Waals surface area (Å²) in [5.41, 5.74) is 6.97. The lowest BCUT2D eigenvalue weighted by Crippen LogP contribution is -1.96. The predicted octanol–water partition coefficient (Wildman–Crippen LogP) is 2.01. The number of benzene rings is 1. The second kappa shape index (κ2) is 4.01. The third-order valence-corrected chi connectivity index (χ3v) is 2.05. The Morgan fingerprint density at radius 2 is 2.06 bits per heavy atom. The molecule has 0 spiro atoms. The van der Waals surface area contributed by atoms with Gasteiger partial charge in [-0.2, -0.15) is 5.11 Å². The van der Waals surface area contributed by atoms with Gasteiger partial charge in [0.05, 0.1) is 5.69 Å². The molecule has 0 amide bonds. The van der Waals surface area contributed by atoms with Crippen molar-refractivity contribution in [3.05, 3.63) is 40.2 Å². The van der Waals surface area contributed by atoms with Gasteiger partial charge in [0.2, 0.25) is 0 Å². The highest BCUT2D eigenvalue weighted by molar-refractivity contribution is 5.55. The number of anilines is 1. The molecule has 0 bridgehead atoms. The van der Waals surface area contributed by atoms with Gasteiger partial charge in [0.1, 0.15) is 5.82 Å². The number of H-pyrrole nitrogens is 2. The molecule has 0 saturated carbocycles. The van der Waals surface area contributed by atoms with E-state index in [4.69, 9.17) is 5.73 Å². The molecule has 0 fully saturated rings. The number of rotatable bonds is 2. The van der Waals surface area contributed by atoms with Crippen molar-refractivity contribution in [3.63, 3.8) is 0 Å². The highest BCUT2D eigenvalue weighted by Gasteiger charge is 2.04. The monoisotopic (exact) mass is 217 g/mol. The second-order valence-corrected chi connectivity index (χ2v) is 3.38. The fraction of sp³-hybridized carbons (Fsp3) is 0.100. The zero-order valence-corrected chi connectivity index (χ0v) is 8.69. The Kier molecular flexibility index (Phi) is 2.55. The summed E-state index contributed by atoms with van der Waals surface area (Å²) in [6, 6.07) is 7.49. The van der Waals surface area contributed by atoms with Crippen LogP contribution in [0.15, 0.2) is 39.3 Å². The Morgan fingerprint density at radius 1 is 1.25 bits per heavy atom. The highest BCUT2D eigenvalue weighted by Crippen LogP contribution is 2.19. The van der Waals surface area contributed by atoms with Crippen LogP contribution in [-0.2, 0) is 0 Å². The van der Waals surface area contributed by atoms with Crippen LogP contribution in [0, 0.1) is 6.92 Å². The van der Waals surface area contributed by atoms with E-state index >= 15 is 0 Å². The maximum atomic E-state index is 11.2. The van der Waals surface area contributed by atoms with Crippen molar-refractivity contribution >= 4 is 17.2 Å². The van der Waals surface area contributed by atoms with Crippen molar-refractivity contribution in [2.24, 2.45) is 10.2 Å². The molecule has 0 aliphatic rings. The molecule has 1 heterocycles. The van der Waals surface area contributed by atoms with Gasteiger partial charge in [0.15, 0.2) is 5.69 Å². The molecule has 2 rings (SSSR count). The minimum atomic E-state index is -0.381. The van der Waals surface area contributed by atoms with Gasteiger partial charge in [-0.05, 0) is 24.6 Å². The zero-order valence-electron chi connectivity index (χ0n) is 8.69. The number of nitrogens with one attached hydrogen (secondary N) is 2. The quantitative estimate of drug-likeness (QED) is 0.670. The van der Waals surface area contributed by atoms with E-state index in [1.54, 1.807) is 6.07 Å². The molecule has 0 aliphatic carbocycles. The molecule has 0 aliphatic heterocycles. The molecule has 0 saturated heterocycles. The lowest BCUT2D eigenvalue weighted by molar-refractivity contribution is 1.06. The normalized spacial score (nSPS) is 11.1. The first kappa shape index (κ1) is 10.2. The average molecular weight is 217 g/mol. The highest BCUT2D eigenvalue weighted by atomic mass is 16.1. The third-order valence-electron chi connectivity index (χ3n) is 2.05. The van der Waals surface area contributed by atoms with Gasteiger partial charge in [0, 0.05) is 0 Å². The van der Waals surface area contributed by atoms with Crippen molar-refractivity contribution < 1.29 is 0 Å². The van der Waals surface area contributed by atoms with Crippen LogP contribution in [0.5, 0.6) is 0 Å². The molecule has 2 aromatic rings. The minimum Gasteiger partial charge on any atom is -0.382 e. The number of nitrogens with two attached hydrogens (primary N) is 1. The van der Waals surface area contributed by atoms with E-state index in [0.717, 1.165) is 5.56 Å². The number of nitrogens with zero attached hydrogens (tertiary/aromatic N) is 2. The van der Waals surface area contributed by atoms with Crippen molar-refractivity contribution in [2.45, 2.75) is 6.92 Å². The molecule has 82 valence electrons. The topological polar surface area (TPSA) is 99.4 Å². The lowest BCUT2D eigenvalue weighted by Gasteiger charge is -1.93. The summed E-state index contributed by atoms with van der Waals surface area (Å²) in [6.45, 7) is 1.95. The van der Waals surface area contributed by atoms with Crippen LogP contribution in [0.3, 0.4) is 0 Å². The maximum Gasteiger partial charge on any atom is 0.293 e. The van der Waals surface area contributed by atoms with Crippen LogP contribution in [0.25, 0.3) is 0 Å². The minimum absolute atomic E-state index is 0.0986. The Morgan fingerprint density at radius 3 is 2.69 bits per heavy atom. The molecule has 4 N–H and O–H groups in total. The Bertz CT molecular complexity index is 581. The van der Waals surface area contributed by atoms with Gasteiger partial charge in [-0.1, -0.05) is 12.1 Å². The zero-order chi connectivity index (χ0) is 11.5. The van der Waals surface area contributed by atoms with Crippen LogP contribution in [0.2, 0.25) is 0 Å². The molecule has 1 aromatic heterocycles. The number of aromatic amines is 2. The molecule has 6 nitrogen and oxygen atoms in total. The van der Waals surface area contributed by atoms with Gasteiger partial charge in [0.25, 0.3) is 5.56 Å². The van der Waals surface area contributed by atoms with Gasteiger partial charge < -0.3 is 5.73 Å². The third kappa shape index (κ3) is 2.00. The molecule has 0 radical (unpaired) electrons. The predicted molar refractivity (Wildman–Crippen MR) is 61.2 cm³/mol. The lowest BCUT2D eigenvalue weighted by atomic mass is 10.2. The summed E-state index contributed by atoms with van der Waals surface area (Å²) in [4.78, 5) is 11.2. The molecule has 0 unspecified atom stereocenters. The Balaban J connectivity index is 2.32. The number of aromatic nitrogens is 2. The van der Waals surface area contributed by atoms with Crippen molar-refractivity contribution in [1.29, 1.82) is 0 Å². The van der Waals surface area contributed by atoms with Crippen LogP contribution in [-0.4, -0.2) is 10.2 Å². The first-order chi connectivity index (χ1) is 7.66. The number of hydrogen-bond donors (Lipinski definition) is 3. The fourth-order valence-electron chi connectivity index (χ4n) is 1.26. The Hall–Kier alpha value is -2.37. The average Bonchev–Trinajstić information content (AvgIpc) is 2.56. The largest absolute Gasteiger partial charge is 0.382 e. The van der Waals surface area contributed by atoms with Crippen LogP contribution in [0.4, 0.5) is 17.2 Å². The smallest absolute Gasteiger partial charge is 0.293 e. The van der Waals surface area contributed by atoms with Gasteiger partial charge in [-0.25, -0.2) is 0 Å².